The monoisotopic (exact) mass is 415 g/mol. The second kappa shape index (κ2) is 8.89. The molecule has 0 amide bonds. The number of benzene rings is 1. The van der Waals surface area contributed by atoms with E-state index in [0.29, 0.717) is 0 Å². The van der Waals surface area contributed by atoms with E-state index in [2.05, 4.69) is 54.1 Å². The number of rotatable bonds is 6. The summed E-state index contributed by atoms with van der Waals surface area (Å²) < 4.78 is 13.8. The number of unbranched alkanes of at least 4 members (excludes halogenated alkanes) is 1. The van der Waals surface area contributed by atoms with Crippen LogP contribution in [0.15, 0.2) is 45.6 Å². The number of hydrogen-bond acceptors (Lipinski definition) is 5. The molecule has 4 rings (SSSR count). The first-order valence-corrected chi connectivity index (χ1v) is 12.5. The molecule has 0 saturated carbocycles. The summed E-state index contributed by atoms with van der Waals surface area (Å²) in [7, 11) is 1.23. The Kier molecular flexibility index (Phi) is 6.28. The van der Waals surface area contributed by atoms with Crippen LogP contribution in [0.4, 0.5) is 5.00 Å². The molecule has 2 aliphatic heterocycles. The number of likely N-dealkylation sites (tertiary alicyclic amines) is 1. The largest absolute Gasteiger partial charge is 0.339 e. The van der Waals surface area contributed by atoms with Crippen molar-refractivity contribution >= 4 is 33.0 Å². The molecule has 1 saturated heterocycles. The highest BCUT2D eigenvalue weighted by Crippen LogP contribution is 2.44. The van der Waals surface area contributed by atoms with Gasteiger partial charge in [-0.1, -0.05) is 50.1 Å². The van der Waals surface area contributed by atoms with Crippen LogP contribution >= 0.6 is 11.3 Å². The van der Waals surface area contributed by atoms with Gasteiger partial charge >= 0.3 is 0 Å². The number of thiophene rings is 1. The van der Waals surface area contributed by atoms with E-state index in [1.165, 1.54) is 24.8 Å². The van der Waals surface area contributed by atoms with Gasteiger partial charge in [0.05, 0.1) is 15.0 Å². The van der Waals surface area contributed by atoms with Crippen LogP contribution in [-0.2, 0) is 10.8 Å². The van der Waals surface area contributed by atoms with E-state index >= 15 is 0 Å². The van der Waals surface area contributed by atoms with Gasteiger partial charge < -0.3 is 4.90 Å². The van der Waals surface area contributed by atoms with Gasteiger partial charge in [0.15, 0.2) is 0 Å². The number of piperidine rings is 1. The summed E-state index contributed by atoms with van der Waals surface area (Å²) in [4.78, 5) is 9.91. The lowest BCUT2D eigenvalue weighted by atomic mass is 10.0. The van der Waals surface area contributed by atoms with Crippen molar-refractivity contribution < 1.29 is 4.21 Å². The highest BCUT2D eigenvalue weighted by atomic mass is 32.2. The third kappa shape index (κ3) is 3.95. The van der Waals surface area contributed by atoms with Gasteiger partial charge in [0.1, 0.15) is 17.0 Å². The van der Waals surface area contributed by atoms with E-state index in [-0.39, 0.29) is 6.17 Å². The molecule has 2 aliphatic rings. The summed E-state index contributed by atoms with van der Waals surface area (Å²) in [5.41, 5.74) is 2.37. The third-order valence-corrected chi connectivity index (χ3v) is 8.45. The number of amidine groups is 1. The molecule has 6 heteroatoms. The third-order valence-electron chi connectivity index (χ3n) is 5.58. The van der Waals surface area contributed by atoms with E-state index in [0.717, 1.165) is 52.3 Å². The SMILES string of the molecule is CCCCS(=O)c1cc2c(s1)N=C(c1ccccc1)N(C)C2N1CCCCC1. The number of nitrogens with zero attached hydrogens (tertiary/aromatic N) is 3. The molecule has 2 atom stereocenters. The molecule has 0 bridgehead atoms. The molecule has 4 nitrogen and oxygen atoms in total. The highest BCUT2D eigenvalue weighted by molar-refractivity contribution is 7.87. The van der Waals surface area contributed by atoms with Gasteiger partial charge in [0.2, 0.25) is 0 Å². The number of hydrogen-bond donors (Lipinski definition) is 0. The Morgan fingerprint density at radius 2 is 1.93 bits per heavy atom. The van der Waals surface area contributed by atoms with Gasteiger partial charge in [-0.3, -0.25) is 9.11 Å². The quantitative estimate of drug-likeness (QED) is 0.653. The summed E-state index contributed by atoms with van der Waals surface area (Å²) >= 11 is 1.62. The molecule has 0 spiro atoms. The minimum absolute atomic E-state index is 0.177. The Morgan fingerprint density at radius 1 is 1.18 bits per heavy atom. The van der Waals surface area contributed by atoms with Crippen molar-refractivity contribution in [2.45, 2.75) is 49.4 Å². The summed E-state index contributed by atoms with van der Waals surface area (Å²) in [6.45, 7) is 4.37. The molecule has 0 radical (unpaired) electrons. The van der Waals surface area contributed by atoms with Crippen LogP contribution in [0.2, 0.25) is 0 Å². The van der Waals surface area contributed by atoms with Crippen molar-refractivity contribution in [2.24, 2.45) is 4.99 Å². The van der Waals surface area contributed by atoms with Gasteiger partial charge in [-0.2, -0.15) is 0 Å². The maximum Gasteiger partial charge on any atom is 0.138 e. The van der Waals surface area contributed by atoms with Gasteiger partial charge in [-0.05, 0) is 25.3 Å². The van der Waals surface area contributed by atoms with Crippen molar-refractivity contribution in [1.29, 1.82) is 0 Å². The van der Waals surface area contributed by atoms with Gasteiger partial charge in [0.25, 0.3) is 0 Å². The Morgan fingerprint density at radius 3 is 2.64 bits per heavy atom. The topological polar surface area (TPSA) is 35.9 Å². The second-order valence-electron chi connectivity index (χ2n) is 7.61. The summed E-state index contributed by atoms with van der Waals surface area (Å²) in [5.74, 6) is 1.76. The molecule has 0 aliphatic carbocycles. The minimum Gasteiger partial charge on any atom is -0.339 e. The summed E-state index contributed by atoms with van der Waals surface area (Å²) in [6, 6.07) is 12.6. The Hall–Kier alpha value is -1.50. The molecule has 2 unspecified atom stereocenters. The predicted octanol–water partition coefficient (Wildman–Crippen LogP) is 5.16. The zero-order valence-electron chi connectivity index (χ0n) is 16.8. The predicted molar refractivity (Wildman–Crippen MR) is 119 cm³/mol. The van der Waals surface area contributed by atoms with Crippen molar-refractivity contribution in [1.82, 2.24) is 9.80 Å². The average molecular weight is 416 g/mol. The van der Waals surface area contributed by atoms with Gasteiger partial charge in [-0.25, -0.2) is 4.99 Å². The lowest BCUT2D eigenvalue weighted by molar-refractivity contribution is 0.0846. The number of fused-ring (bicyclic) bond motifs is 1. The van der Waals surface area contributed by atoms with E-state index in [1.54, 1.807) is 11.3 Å². The fourth-order valence-corrected chi connectivity index (χ4v) is 6.75. The fraction of sp³-hybridized carbons (Fsp3) is 0.500. The Labute approximate surface area is 174 Å². The first-order valence-electron chi connectivity index (χ1n) is 10.3. The fourth-order valence-electron chi connectivity index (χ4n) is 4.09. The van der Waals surface area contributed by atoms with Crippen LogP contribution in [0.25, 0.3) is 0 Å². The lowest BCUT2D eigenvalue weighted by Gasteiger charge is -2.43. The first-order chi connectivity index (χ1) is 13.7. The zero-order chi connectivity index (χ0) is 19.5. The van der Waals surface area contributed by atoms with Crippen LogP contribution in [0, 0.1) is 0 Å². The standard InChI is InChI=1S/C22H29N3OS2/c1-3-4-15-28(26)19-16-18-21(27-19)23-20(17-11-7-5-8-12-17)24(2)22(18)25-13-9-6-10-14-25/h5,7-8,11-12,16,22H,3-4,6,9-10,13-15H2,1-2H3. The Bertz CT molecular complexity index is 856. The maximum absolute atomic E-state index is 12.8. The second-order valence-corrected chi connectivity index (χ2v) is 10.4. The van der Waals surface area contributed by atoms with Crippen LogP contribution in [0.3, 0.4) is 0 Å². The van der Waals surface area contributed by atoms with Crippen LogP contribution in [-0.4, -0.2) is 45.7 Å². The molecule has 28 heavy (non-hydrogen) atoms. The van der Waals surface area contributed by atoms with Crippen molar-refractivity contribution in [3.05, 3.63) is 47.5 Å². The molecule has 2 aromatic rings. The molecule has 1 aromatic carbocycles. The van der Waals surface area contributed by atoms with Crippen LogP contribution in [0.5, 0.6) is 0 Å². The Balaban J connectivity index is 1.74. The first kappa shape index (κ1) is 19.8. The molecular formula is C22H29N3OS2. The maximum atomic E-state index is 12.8. The molecule has 1 aromatic heterocycles. The molecule has 1 fully saturated rings. The molecule has 3 heterocycles. The summed E-state index contributed by atoms with van der Waals surface area (Å²) in [5, 5.41) is 1.03. The van der Waals surface area contributed by atoms with Crippen LogP contribution < -0.4 is 0 Å². The zero-order valence-corrected chi connectivity index (χ0v) is 18.4. The van der Waals surface area contributed by atoms with Gasteiger partial charge in [-0.15, -0.1) is 11.3 Å². The summed E-state index contributed by atoms with van der Waals surface area (Å²) in [6.07, 6.45) is 6.06. The number of aliphatic imine (C=N–C) groups is 1. The smallest absolute Gasteiger partial charge is 0.138 e. The molecule has 0 N–H and O–H groups in total. The lowest BCUT2D eigenvalue weighted by Crippen LogP contribution is -2.46. The highest BCUT2D eigenvalue weighted by Gasteiger charge is 2.35. The van der Waals surface area contributed by atoms with E-state index in [4.69, 9.17) is 4.99 Å². The normalized spacial score (nSPS) is 21.3. The van der Waals surface area contributed by atoms with E-state index in [1.807, 2.05) is 6.07 Å². The molecule has 150 valence electrons. The van der Waals surface area contributed by atoms with E-state index in [9.17, 15) is 4.21 Å². The molecular weight excluding hydrogens is 386 g/mol. The van der Waals surface area contributed by atoms with Crippen LogP contribution in [0.1, 0.15) is 56.3 Å². The van der Waals surface area contributed by atoms with E-state index < -0.39 is 10.8 Å². The van der Waals surface area contributed by atoms with Gasteiger partial charge in [0, 0.05) is 37.0 Å². The minimum atomic E-state index is -0.923. The van der Waals surface area contributed by atoms with Crippen molar-refractivity contribution in [3.8, 4) is 0 Å². The average Bonchev–Trinajstić information content (AvgIpc) is 3.16. The van der Waals surface area contributed by atoms with Crippen molar-refractivity contribution in [3.63, 3.8) is 0 Å². The van der Waals surface area contributed by atoms with Crippen molar-refractivity contribution in [2.75, 3.05) is 25.9 Å².